The molecule has 2 saturated heterocycles. The Kier molecular flexibility index (Phi) is 9.08. The smallest absolute Gasteiger partial charge is 0.232 e. The Hall–Kier alpha value is -3.46. The van der Waals surface area contributed by atoms with Crippen molar-refractivity contribution in [3.05, 3.63) is 72.0 Å². The Balaban J connectivity index is 1.23. The van der Waals surface area contributed by atoms with Gasteiger partial charge in [0, 0.05) is 57.1 Å². The number of benzene rings is 2. The molecule has 1 aromatic heterocycles. The van der Waals surface area contributed by atoms with Gasteiger partial charge < -0.3 is 25.3 Å². The van der Waals surface area contributed by atoms with Crippen LogP contribution in [0.1, 0.15) is 38.2 Å². The molecule has 206 valence electrons. The highest BCUT2D eigenvalue weighted by Gasteiger charge is 2.24. The van der Waals surface area contributed by atoms with Crippen molar-refractivity contribution in [2.75, 3.05) is 59.3 Å². The van der Waals surface area contributed by atoms with Crippen LogP contribution in [0, 0.1) is 5.82 Å². The van der Waals surface area contributed by atoms with Crippen molar-refractivity contribution in [2.24, 2.45) is 0 Å². The highest BCUT2D eigenvalue weighted by atomic mass is 32.1. The molecular formula is C30H38FN7S. The van der Waals surface area contributed by atoms with Gasteiger partial charge in [-0.15, -0.1) is 0 Å². The van der Waals surface area contributed by atoms with Crippen molar-refractivity contribution in [3.8, 4) is 0 Å². The van der Waals surface area contributed by atoms with Crippen molar-refractivity contribution in [1.29, 1.82) is 0 Å². The van der Waals surface area contributed by atoms with Crippen LogP contribution in [0.25, 0.3) is 0 Å². The van der Waals surface area contributed by atoms with Crippen molar-refractivity contribution < 1.29 is 4.39 Å². The number of anilines is 4. The van der Waals surface area contributed by atoms with Gasteiger partial charge in [0.1, 0.15) is 17.5 Å². The summed E-state index contributed by atoms with van der Waals surface area (Å²) >= 11 is 5.59. The summed E-state index contributed by atoms with van der Waals surface area (Å²) in [4.78, 5) is 17.0. The highest BCUT2D eigenvalue weighted by Crippen LogP contribution is 2.28. The Labute approximate surface area is 236 Å². The Morgan fingerprint density at radius 1 is 0.923 bits per heavy atom. The molecule has 2 aliphatic rings. The van der Waals surface area contributed by atoms with E-state index >= 15 is 0 Å². The van der Waals surface area contributed by atoms with E-state index in [-0.39, 0.29) is 5.82 Å². The first-order chi connectivity index (χ1) is 19.0. The van der Waals surface area contributed by atoms with Gasteiger partial charge >= 0.3 is 0 Å². The van der Waals surface area contributed by atoms with Gasteiger partial charge in [0.25, 0.3) is 0 Å². The number of hydrogen-bond donors (Lipinski definition) is 2. The molecule has 3 heterocycles. The van der Waals surface area contributed by atoms with E-state index in [9.17, 15) is 4.39 Å². The Morgan fingerprint density at radius 3 is 2.38 bits per heavy atom. The van der Waals surface area contributed by atoms with Gasteiger partial charge in [0.05, 0.1) is 0 Å². The van der Waals surface area contributed by atoms with Gasteiger partial charge in [-0.05, 0) is 81.1 Å². The van der Waals surface area contributed by atoms with Crippen LogP contribution in [0.15, 0.2) is 60.7 Å². The molecule has 1 atom stereocenters. The van der Waals surface area contributed by atoms with Crippen LogP contribution in [0.3, 0.4) is 0 Å². The lowest BCUT2D eigenvalue weighted by Gasteiger charge is -2.38. The molecule has 2 fully saturated rings. The molecule has 0 radical (unpaired) electrons. The molecule has 1 unspecified atom stereocenters. The Morgan fingerprint density at radius 2 is 1.64 bits per heavy atom. The van der Waals surface area contributed by atoms with Gasteiger partial charge in [-0.2, -0.15) is 9.97 Å². The van der Waals surface area contributed by atoms with Crippen LogP contribution < -0.4 is 25.3 Å². The lowest BCUT2D eigenvalue weighted by atomic mass is 10.0. The zero-order chi connectivity index (χ0) is 27.0. The summed E-state index contributed by atoms with van der Waals surface area (Å²) in [5, 5.41) is 7.03. The summed E-state index contributed by atoms with van der Waals surface area (Å²) in [6, 6.07) is 19.8. The largest absolute Gasteiger partial charge is 0.368 e. The molecule has 0 saturated carbocycles. The maximum absolute atomic E-state index is 13.1. The standard InChI is InChI=1S/C30H38FN7S/c1-23-8-5-6-17-38(23)28-22-27(37-20-18-36(19-21-37)26-10-3-2-4-11-26)33-29(34-28)35-30(39)32-16-7-9-24-12-14-25(31)15-13-24/h2-4,10-15,22-23H,5-9,16-21H2,1H3,(H2,32,33,34,35,39). The minimum Gasteiger partial charge on any atom is -0.368 e. The maximum atomic E-state index is 13.1. The van der Waals surface area contributed by atoms with Crippen LogP contribution in [0.4, 0.5) is 27.7 Å². The molecule has 2 aromatic carbocycles. The third-order valence-corrected chi connectivity index (χ3v) is 7.83. The molecule has 2 N–H and O–H groups in total. The second kappa shape index (κ2) is 13.1. The number of nitrogens with one attached hydrogen (secondary N) is 2. The van der Waals surface area contributed by atoms with E-state index in [0.717, 1.165) is 62.8 Å². The van der Waals surface area contributed by atoms with Gasteiger partial charge in [-0.1, -0.05) is 30.3 Å². The minimum absolute atomic E-state index is 0.208. The minimum atomic E-state index is -0.208. The lowest BCUT2D eigenvalue weighted by Crippen LogP contribution is -2.47. The van der Waals surface area contributed by atoms with Gasteiger partial charge in [-0.25, -0.2) is 4.39 Å². The van der Waals surface area contributed by atoms with Crippen LogP contribution in [0.2, 0.25) is 0 Å². The Bertz CT molecular complexity index is 1220. The van der Waals surface area contributed by atoms with Crippen molar-refractivity contribution in [1.82, 2.24) is 15.3 Å². The molecule has 0 aliphatic carbocycles. The first kappa shape index (κ1) is 27.1. The fraction of sp³-hybridized carbons (Fsp3) is 0.433. The fourth-order valence-corrected chi connectivity index (χ4v) is 5.54. The molecule has 0 amide bonds. The molecule has 0 bridgehead atoms. The maximum Gasteiger partial charge on any atom is 0.232 e. The van der Waals surface area contributed by atoms with E-state index in [1.165, 1.54) is 37.1 Å². The summed E-state index contributed by atoms with van der Waals surface area (Å²) in [6.45, 7) is 7.67. The van der Waals surface area contributed by atoms with E-state index in [0.29, 0.717) is 23.6 Å². The fourth-order valence-electron chi connectivity index (χ4n) is 5.35. The summed E-state index contributed by atoms with van der Waals surface area (Å²) in [6.07, 6.45) is 5.35. The van der Waals surface area contributed by atoms with Gasteiger partial charge in [0.2, 0.25) is 5.95 Å². The highest BCUT2D eigenvalue weighted by molar-refractivity contribution is 7.80. The molecule has 2 aliphatic heterocycles. The molecule has 39 heavy (non-hydrogen) atoms. The van der Waals surface area contributed by atoms with Gasteiger partial charge in [-0.3, -0.25) is 0 Å². The third kappa shape index (κ3) is 7.35. The first-order valence-electron chi connectivity index (χ1n) is 14.0. The number of hydrogen-bond acceptors (Lipinski definition) is 6. The predicted octanol–water partition coefficient (Wildman–Crippen LogP) is 5.24. The summed E-state index contributed by atoms with van der Waals surface area (Å²) in [5.74, 6) is 2.22. The number of aryl methyl sites for hydroxylation is 1. The van der Waals surface area contributed by atoms with Crippen molar-refractivity contribution >= 4 is 40.6 Å². The molecular weight excluding hydrogens is 509 g/mol. The number of para-hydroxylation sites is 1. The number of thiocarbonyl (C=S) groups is 1. The van der Waals surface area contributed by atoms with E-state index in [2.05, 4.69) is 68.7 Å². The van der Waals surface area contributed by atoms with E-state index in [1.54, 1.807) is 0 Å². The van der Waals surface area contributed by atoms with Gasteiger partial charge in [0.15, 0.2) is 5.11 Å². The van der Waals surface area contributed by atoms with E-state index < -0.39 is 0 Å². The zero-order valence-corrected chi connectivity index (χ0v) is 23.5. The number of halogens is 1. The molecule has 0 spiro atoms. The van der Waals surface area contributed by atoms with Crippen LogP contribution >= 0.6 is 12.2 Å². The second-order valence-corrected chi connectivity index (χ2v) is 10.8. The molecule has 5 rings (SSSR count). The van der Waals surface area contributed by atoms with Crippen LogP contribution in [0.5, 0.6) is 0 Å². The SMILES string of the molecule is CC1CCCCN1c1cc(N2CCN(c3ccccc3)CC2)nc(NC(=S)NCCCc2ccc(F)cc2)n1. The predicted molar refractivity (Wildman–Crippen MR) is 163 cm³/mol. The number of rotatable bonds is 8. The average Bonchev–Trinajstić information content (AvgIpc) is 2.97. The lowest BCUT2D eigenvalue weighted by molar-refractivity contribution is 0.481. The molecule has 9 heteroatoms. The quantitative estimate of drug-likeness (QED) is 0.293. The van der Waals surface area contributed by atoms with Crippen LogP contribution in [-0.2, 0) is 6.42 Å². The summed E-state index contributed by atoms with van der Waals surface area (Å²) in [7, 11) is 0. The first-order valence-corrected chi connectivity index (χ1v) is 14.5. The number of piperazine rings is 1. The molecule has 7 nitrogen and oxygen atoms in total. The second-order valence-electron chi connectivity index (χ2n) is 10.4. The monoisotopic (exact) mass is 547 g/mol. The van der Waals surface area contributed by atoms with Crippen molar-refractivity contribution in [2.45, 2.75) is 45.1 Å². The van der Waals surface area contributed by atoms with Crippen molar-refractivity contribution in [3.63, 3.8) is 0 Å². The van der Waals surface area contributed by atoms with E-state index in [4.69, 9.17) is 22.2 Å². The van der Waals surface area contributed by atoms with Crippen LogP contribution in [-0.4, -0.2) is 60.4 Å². The normalized spacial score (nSPS) is 17.7. The number of aromatic nitrogens is 2. The number of piperidine rings is 1. The zero-order valence-electron chi connectivity index (χ0n) is 22.7. The summed E-state index contributed by atoms with van der Waals surface area (Å²) in [5.41, 5.74) is 2.38. The van der Waals surface area contributed by atoms with E-state index in [1.807, 2.05) is 12.1 Å². The number of nitrogens with zero attached hydrogens (tertiary/aromatic N) is 5. The average molecular weight is 548 g/mol. The summed E-state index contributed by atoms with van der Waals surface area (Å²) < 4.78 is 13.1. The third-order valence-electron chi connectivity index (χ3n) is 7.59. The topological polar surface area (TPSA) is 59.6 Å². The molecule has 3 aromatic rings.